The maximum Gasteiger partial charge on any atom is 0.433 e. The number of oxazole rings is 1. The van der Waals surface area contributed by atoms with Gasteiger partial charge in [0.1, 0.15) is 12.0 Å². The molecule has 2 aromatic rings. The van der Waals surface area contributed by atoms with E-state index in [4.69, 9.17) is 4.42 Å². The Morgan fingerprint density at radius 3 is 2.38 bits per heavy atom. The van der Waals surface area contributed by atoms with Gasteiger partial charge >= 0.3 is 6.18 Å². The molecule has 0 spiro atoms. The van der Waals surface area contributed by atoms with Crippen molar-refractivity contribution in [2.24, 2.45) is 0 Å². The summed E-state index contributed by atoms with van der Waals surface area (Å²) in [5.41, 5.74) is 0.269. The number of rotatable bonds is 3. The van der Waals surface area contributed by atoms with Crippen molar-refractivity contribution in [3.05, 3.63) is 35.3 Å². The molecule has 0 radical (unpaired) electrons. The average molecular weight is 341 g/mol. The Labute approximate surface area is 137 Å². The molecule has 0 aliphatic carbocycles. The third kappa shape index (κ3) is 3.84. The first-order valence-electron chi connectivity index (χ1n) is 7.62. The molecule has 0 saturated carbocycles. The molecule has 0 bridgehead atoms. The molecule has 3 heterocycles. The lowest BCUT2D eigenvalue weighted by Gasteiger charge is -2.34. The minimum absolute atomic E-state index is 0.138. The van der Waals surface area contributed by atoms with E-state index in [1.165, 1.54) is 0 Å². The van der Waals surface area contributed by atoms with Gasteiger partial charge in [-0.2, -0.15) is 13.2 Å². The predicted molar refractivity (Wildman–Crippen MR) is 80.5 cm³/mol. The molecule has 24 heavy (non-hydrogen) atoms. The summed E-state index contributed by atoms with van der Waals surface area (Å²) in [5, 5.41) is 0. The van der Waals surface area contributed by atoms with Crippen molar-refractivity contribution in [1.29, 1.82) is 0 Å². The van der Waals surface area contributed by atoms with Gasteiger partial charge in [0.25, 0.3) is 0 Å². The molecule has 130 valence electrons. The van der Waals surface area contributed by atoms with Crippen LogP contribution in [0.5, 0.6) is 0 Å². The Hall–Kier alpha value is -2.16. The van der Waals surface area contributed by atoms with Crippen LogP contribution in [0.15, 0.2) is 16.7 Å². The van der Waals surface area contributed by atoms with Gasteiger partial charge in [0.2, 0.25) is 5.95 Å². The number of piperazine rings is 1. The summed E-state index contributed by atoms with van der Waals surface area (Å²) in [6, 6.07) is 0.965. The van der Waals surface area contributed by atoms with Crippen LogP contribution in [-0.4, -0.2) is 46.0 Å². The van der Waals surface area contributed by atoms with Crippen LogP contribution < -0.4 is 4.90 Å². The summed E-state index contributed by atoms with van der Waals surface area (Å²) in [4.78, 5) is 16.1. The Bertz CT molecular complexity index is 707. The number of aryl methyl sites for hydroxylation is 2. The summed E-state index contributed by atoms with van der Waals surface area (Å²) in [7, 11) is 0. The monoisotopic (exact) mass is 341 g/mol. The number of alkyl halides is 3. The number of anilines is 1. The topological polar surface area (TPSA) is 58.3 Å². The number of nitrogens with zero attached hydrogens (tertiary/aromatic N) is 5. The standard InChI is InChI=1S/C15H18F3N5O/c1-10-7-13(15(16,17)18)21-14(19-10)23-5-3-22(4-6-23)8-12-9-24-11(2)20-12/h7,9H,3-6,8H2,1-2H3. The van der Waals surface area contributed by atoms with E-state index >= 15 is 0 Å². The van der Waals surface area contributed by atoms with Crippen LogP contribution in [0.2, 0.25) is 0 Å². The Balaban J connectivity index is 1.65. The largest absolute Gasteiger partial charge is 0.449 e. The second-order valence-corrected chi connectivity index (χ2v) is 5.81. The number of halogens is 3. The zero-order valence-electron chi connectivity index (χ0n) is 13.5. The zero-order valence-corrected chi connectivity index (χ0v) is 13.5. The third-order valence-corrected chi connectivity index (χ3v) is 3.84. The lowest BCUT2D eigenvalue weighted by atomic mass is 10.3. The molecule has 3 rings (SSSR count). The molecule has 0 amide bonds. The minimum atomic E-state index is -4.46. The zero-order chi connectivity index (χ0) is 17.3. The van der Waals surface area contributed by atoms with Crippen LogP contribution in [0, 0.1) is 13.8 Å². The molecule has 0 unspecified atom stereocenters. The quantitative estimate of drug-likeness (QED) is 0.855. The van der Waals surface area contributed by atoms with Crippen LogP contribution in [0.4, 0.5) is 19.1 Å². The maximum atomic E-state index is 12.9. The van der Waals surface area contributed by atoms with Crippen molar-refractivity contribution in [3.8, 4) is 0 Å². The van der Waals surface area contributed by atoms with Gasteiger partial charge in [-0.15, -0.1) is 0 Å². The highest BCUT2D eigenvalue weighted by atomic mass is 19.4. The highest BCUT2D eigenvalue weighted by Crippen LogP contribution is 2.29. The first-order valence-corrected chi connectivity index (χ1v) is 7.62. The molecule has 0 N–H and O–H groups in total. The Morgan fingerprint density at radius 1 is 1.08 bits per heavy atom. The van der Waals surface area contributed by atoms with Crippen LogP contribution in [-0.2, 0) is 12.7 Å². The van der Waals surface area contributed by atoms with Gasteiger partial charge in [0.15, 0.2) is 5.89 Å². The normalized spacial score (nSPS) is 16.6. The summed E-state index contributed by atoms with van der Waals surface area (Å²) in [5.74, 6) is 0.760. The molecule has 9 heteroatoms. The first-order chi connectivity index (χ1) is 11.3. The molecule has 0 aromatic carbocycles. The van der Waals surface area contributed by atoms with E-state index in [9.17, 15) is 13.2 Å². The summed E-state index contributed by atoms with van der Waals surface area (Å²) >= 11 is 0. The van der Waals surface area contributed by atoms with Gasteiger partial charge in [-0.1, -0.05) is 0 Å². The van der Waals surface area contributed by atoms with E-state index in [-0.39, 0.29) is 5.95 Å². The first kappa shape index (κ1) is 16.7. The lowest BCUT2D eigenvalue weighted by Crippen LogP contribution is -2.46. The Morgan fingerprint density at radius 2 is 1.79 bits per heavy atom. The number of aromatic nitrogens is 3. The molecule has 1 aliphatic rings. The molecule has 1 fully saturated rings. The van der Waals surface area contributed by atoms with Crippen molar-refractivity contribution in [2.75, 3.05) is 31.1 Å². The predicted octanol–water partition coefficient (Wildman–Crippen LogP) is 2.42. The Kier molecular flexibility index (Phi) is 4.44. The van der Waals surface area contributed by atoms with Crippen molar-refractivity contribution < 1.29 is 17.6 Å². The van der Waals surface area contributed by atoms with Crippen molar-refractivity contribution in [1.82, 2.24) is 19.9 Å². The summed E-state index contributed by atoms with van der Waals surface area (Å²) in [6.45, 7) is 6.52. The van der Waals surface area contributed by atoms with E-state index in [1.807, 2.05) is 0 Å². The third-order valence-electron chi connectivity index (χ3n) is 3.84. The smallest absolute Gasteiger partial charge is 0.433 e. The molecule has 6 nitrogen and oxygen atoms in total. The fourth-order valence-electron chi connectivity index (χ4n) is 2.66. The van der Waals surface area contributed by atoms with Gasteiger partial charge < -0.3 is 9.32 Å². The van der Waals surface area contributed by atoms with E-state index in [2.05, 4.69) is 19.9 Å². The second-order valence-electron chi connectivity index (χ2n) is 5.81. The van der Waals surface area contributed by atoms with Crippen LogP contribution in [0.25, 0.3) is 0 Å². The molecule has 1 saturated heterocycles. The molecular weight excluding hydrogens is 323 g/mol. The fraction of sp³-hybridized carbons (Fsp3) is 0.533. The highest BCUT2D eigenvalue weighted by molar-refractivity contribution is 5.34. The minimum Gasteiger partial charge on any atom is -0.449 e. The van der Waals surface area contributed by atoms with Gasteiger partial charge in [-0.3, -0.25) is 4.90 Å². The fourth-order valence-corrected chi connectivity index (χ4v) is 2.66. The second kappa shape index (κ2) is 6.39. The van der Waals surface area contributed by atoms with E-state index in [1.54, 1.807) is 25.0 Å². The summed E-state index contributed by atoms with van der Waals surface area (Å²) in [6.07, 6.45) is -2.84. The van der Waals surface area contributed by atoms with Gasteiger partial charge in [0, 0.05) is 45.3 Å². The van der Waals surface area contributed by atoms with Crippen LogP contribution in [0.3, 0.4) is 0 Å². The van der Waals surface area contributed by atoms with Crippen LogP contribution >= 0.6 is 0 Å². The van der Waals surface area contributed by atoms with E-state index in [0.29, 0.717) is 44.3 Å². The summed E-state index contributed by atoms with van der Waals surface area (Å²) < 4.78 is 43.8. The molecule has 2 aromatic heterocycles. The van der Waals surface area contributed by atoms with Crippen molar-refractivity contribution >= 4 is 5.95 Å². The van der Waals surface area contributed by atoms with Crippen molar-refractivity contribution in [2.45, 2.75) is 26.6 Å². The maximum absolute atomic E-state index is 12.9. The van der Waals surface area contributed by atoms with Crippen molar-refractivity contribution in [3.63, 3.8) is 0 Å². The van der Waals surface area contributed by atoms with E-state index in [0.717, 1.165) is 11.8 Å². The highest BCUT2D eigenvalue weighted by Gasteiger charge is 2.34. The molecule has 0 atom stereocenters. The lowest BCUT2D eigenvalue weighted by molar-refractivity contribution is -0.141. The SMILES string of the molecule is Cc1cc(C(F)(F)F)nc(N2CCN(Cc3coc(C)n3)CC2)n1. The van der Waals surface area contributed by atoms with Crippen LogP contribution in [0.1, 0.15) is 23.0 Å². The molecule has 1 aliphatic heterocycles. The number of hydrogen-bond donors (Lipinski definition) is 0. The number of hydrogen-bond acceptors (Lipinski definition) is 6. The molecular formula is C15H18F3N5O. The van der Waals surface area contributed by atoms with Gasteiger partial charge in [0.05, 0.1) is 5.69 Å². The van der Waals surface area contributed by atoms with E-state index < -0.39 is 11.9 Å². The van der Waals surface area contributed by atoms with Gasteiger partial charge in [-0.25, -0.2) is 15.0 Å². The van der Waals surface area contributed by atoms with Gasteiger partial charge in [-0.05, 0) is 13.0 Å². The average Bonchev–Trinajstić information content (AvgIpc) is 2.91.